The minimum absolute atomic E-state index is 0.0719. The number of halogens is 4. The summed E-state index contributed by atoms with van der Waals surface area (Å²) in [6.07, 6.45) is 8.07. The van der Waals surface area contributed by atoms with Crippen LogP contribution in [0.3, 0.4) is 0 Å². The average Bonchev–Trinajstić information content (AvgIpc) is 4.09. The van der Waals surface area contributed by atoms with Crippen molar-refractivity contribution >= 4 is 38.0 Å². The summed E-state index contributed by atoms with van der Waals surface area (Å²) in [6, 6.07) is 62.2. The Morgan fingerprint density at radius 1 is 0.338 bits per heavy atom. The molecule has 0 aliphatic rings. The highest BCUT2D eigenvalue weighted by molar-refractivity contribution is 6.20. The van der Waals surface area contributed by atoms with Crippen molar-refractivity contribution < 1.29 is 17.6 Å². The van der Waals surface area contributed by atoms with E-state index in [0.717, 1.165) is 112 Å². The van der Waals surface area contributed by atoms with E-state index in [1.807, 2.05) is 89.5 Å². The van der Waals surface area contributed by atoms with Crippen LogP contribution in [0.5, 0.6) is 0 Å². The molecule has 0 atom stereocenters. The van der Waals surface area contributed by atoms with Gasteiger partial charge in [0.25, 0.3) is 5.56 Å². The third-order valence-corrected chi connectivity index (χ3v) is 14.8. The lowest BCUT2D eigenvalue weighted by atomic mass is 9.87. The van der Waals surface area contributed by atoms with E-state index in [9.17, 15) is 22.4 Å². The summed E-state index contributed by atoms with van der Waals surface area (Å²) in [7, 11) is 0. The molecule has 0 amide bonds. The topological polar surface area (TPSA) is 60.2 Å². The van der Waals surface area contributed by atoms with Gasteiger partial charge in [0.2, 0.25) is 0 Å². The molecule has 5 aromatic heterocycles. The minimum Gasteiger partial charge on any atom is -0.275 e. The first-order valence-corrected chi connectivity index (χ1v) is 25.5. The Bertz CT molecular complexity index is 4350. The van der Waals surface area contributed by atoms with Gasteiger partial charge in [0.15, 0.2) is 0 Å². The molecule has 0 aliphatic heterocycles. The molecule has 0 N–H and O–H groups in total. The number of nitrogens with zero attached hydrogens (tertiary/aromatic N) is 4. The van der Waals surface area contributed by atoms with Crippen LogP contribution >= 0.6 is 0 Å². The van der Waals surface area contributed by atoms with Crippen LogP contribution in [0.1, 0.15) is 22.3 Å². The van der Waals surface area contributed by atoms with Crippen LogP contribution in [-0.4, -0.2) is 19.4 Å². The van der Waals surface area contributed by atoms with Crippen molar-refractivity contribution in [2.75, 3.05) is 0 Å². The second-order valence-electron chi connectivity index (χ2n) is 19.5. The number of fused-ring (bicyclic) bond motifs is 5. The second kappa shape index (κ2) is 19.6. The Balaban J connectivity index is 0.907. The SMILES string of the molecule is O=c1c2cc(-c3cc(-c4ccccc4)ncc3-c3ccccc3-c3cc(CCc4ccc(-c5ccc(F)cc5F)nc4)cc(CCc4ccc(-c5ccc(F)cc5F)nc4)c3)ccc2c2cccc3c4ccccc4n1c23. The Hall–Kier alpha value is -9.60. The van der Waals surface area contributed by atoms with Crippen molar-refractivity contribution in [3.8, 4) is 67.2 Å². The van der Waals surface area contributed by atoms with E-state index in [1.165, 1.54) is 24.3 Å². The van der Waals surface area contributed by atoms with Crippen LogP contribution in [0.15, 0.2) is 224 Å². The summed E-state index contributed by atoms with van der Waals surface area (Å²) in [5.74, 6) is -2.62. The highest BCUT2D eigenvalue weighted by Gasteiger charge is 2.21. The smallest absolute Gasteiger partial charge is 0.263 e. The molecule has 0 saturated heterocycles. The first kappa shape index (κ1) is 47.1. The second-order valence-corrected chi connectivity index (χ2v) is 19.5. The number of benzene rings is 8. The molecule has 13 aromatic rings. The first-order chi connectivity index (χ1) is 37.7. The van der Waals surface area contributed by atoms with Crippen LogP contribution in [-0.2, 0) is 25.7 Å². The molecule has 0 fully saturated rings. The number of pyridine rings is 4. The standard InChI is InChI=1S/C68H44F4N4O/c69-48-24-27-56(61(71)35-48)63-29-21-41(38-73-63)17-19-43-31-44(20-18-42-22-30-64(74-39-42)57-28-25-49(70)36-62(57)72)33-47(32-43)50-11-4-5-12-51(50)60-40-75-65(45-9-2-1-3-10-45)37-58(60)46-23-26-52-54-14-8-15-55-53-13-6-7-16-66(53)76(67(54)55)68(77)59(52)34-46/h1-16,21-40H,17-20H2. The van der Waals surface area contributed by atoms with Gasteiger partial charge in [0.1, 0.15) is 23.3 Å². The van der Waals surface area contributed by atoms with Crippen LogP contribution in [0.25, 0.3) is 105 Å². The molecule has 0 radical (unpaired) electrons. The van der Waals surface area contributed by atoms with Gasteiger partial charge in [0, 0.05) is 74.5 Å². The molecule has 77 heavy (non-hydrogen) atoms. The molecular formula is C68H44F4N4O. The Labute approximate surface area is 440 Å². The zero-order valence-corrected chi connectivity index (χ0v) is 41.3. The van der Waals surface area contributed by atoms with Crippen molar-refractivity contribution in [1.29, 1.82) is 0 Å². The van der Waals surface area contributed by atoms with E-state index in [1.54, 1.807) is 24.5 Å². The van der Waals surface area contributed by atoms with E-state index in [0.29, 0.717) is 42.5 Å². The number of para-hydroxylation sites is 2. The van der Waals surface area contributed by atoms with Gasteiger partial charge >= 0.3 is 0 Å². The van der Waals surface area contributed by atoms with E-state index in [2.05, 4.69) is 82.8 Å². The molecule has 0 unspecified atom stereocenters. The van der Waals surface area contributed by atoms with Gasteiger partial charge in [-0.05, 0) is 136 Å². The van der Waals surface area contributed by atoms with Gasteiger partial charge in [-0.25, -0.2) is 17.6 Å². The first-order valence-electron chi connectivity index (χ1n) is 25.5. The van der Waals surface area contributed by atoms with E-state index < -0.39 is 23.3 Å². The molecule has 8 aromatic carbocycles. The molecule has 0 spiro atoms. The van der Waals surface area contributed by atoms with Gasteiger partial charge in [-0.1, -0.05) is 133 Å². The number of rotatable bonds is 12. The summed E-state index contributed by atoms with van der Waals surface area (Å²) >= 11 is 0. The molecule has 9 heteroatoms. The molecule has 0 bridgehead atoms. The van der Waals surface area contributed by atoms with Crippen molar-refractivity contribution in [3.05, 3.63) is 275 Å². The summed E-state index contributed by atoms with van der Waals surface area (Å²) in [5.41, 5.74) is 14.6. The van der Waals surface area contributed by atoms with Crippen LogP contribution < -0.4 is 5.56 Å². The molecule has 0 aliphatic carbocycles. The van der Waals surface area contributed by atoms with Crippen LogP contribution in [0, 0.1) is 23.3 Å². The minimum atomic E-state index is -0.668. The zero-order chi connectivity index (χ0) is 52.1. The lowest BCUT2D eigenvalue weighted by molar-refractivity contribution is 0.584. The predicted molar refractivity (Wildman–Crippen MR) is 301 cm³/mol. The number of hydrogen-bond acceptors (Lipinski definition) is 4. The molecule has 5 heterocycles. The maximum absolute atomic E-state index is 14.9. The van der Waals surface area contributed by atoms with Crippen LogP contribution in [0.4, 0.5) is 17.6 Å². The summed E-state index contributed by atoms with van der Waals surface area (Å²) in [6.45, 7) is 0. The predicted octanol–water partition coefficient (Wildman–Crippen LogP) is 16.5. The fourth-order valence-corrected chi connectivity index (χ4v) is 11.0. The fourth-order valence-electron chi connectivity index (χ4n) is 11.0. The van der Waals surface area contributed by atoms with E-state index in [4.69, 9.17) is 4.98 Å². The zero-order valence-electron chi connectivity index (χ0n) is 41.3. The Morgan fingerprint density at radius 2 is 0.909 bits per heavy atom. The monoisotopic (exact) mass is 1010 g/mol. The molecular weight excluding hydrogens is 965 g/mol. The van der Waals surface area contributed by atoms with Crippen molar-refractivity contribution in [2.45, 2.75) is 25.7 Å². The van der Waals surface area contributed by atoms with Gasteiger partial charge < -0.3 is 0 Å². The maximum atomic E-state index is 14.9. The van der Waals surface area contributed by atoms with E-state index in [-0.39, 0.29) is 16.7 Å². The maximum Gasteiger partial charge on any atom is 0.263 e. The summed E-state index contributed by atoms with van der Waals surface area (Å²) in [4.78, 5) is 29.1. The number of aromatic nitrogens is 4. The number of aryl methyl sites for hydroxylation is 4. The quantitative estimate of drug-likeness (QED) is 0.0904. The third kappa shape index (κ3) is 8.85. The highest BCUT2D eigenvalue weighted by Crippen LogP contribution is 2.42. The van der Waals surface area contributed by atoms with Crippen molar-refractivity contribution in [2.24, 2.45) is 0 Å². The molecule has 370 valence electrons. The molecule has 13 rings (SSSR count). The third-order valence-electron chi connectivity index (χ3n) is 14.8. The normalized spacial score (nSPS) is 11.6. The van der Waals surface area contributed by atoms with E-state index >= 15 is 0 Å². The highest BCUT2D eigenvalue weighted by atomic mass is 19.1. The Morgan fingerprint density at radius 3 is 1.55 bits per heavy atom. The summed E-state index contributed by atoms with van der Waals surface area (Å²) in [5, 5.41) is 4.62. The van der Waals surface area contributed by atoms with Crippen LogP contribution in [0.2, 0.25) is 0 Å². The van der Waals surface area contributed by atoms with Gasteiger partial charge in [-0.2, -0.15) is 0 Å². The van der Waals surface area contributed by atoms with Gasteiger partial charge in [-0.3, -0.25) is 24.1 Å². The fraction of sp³-hybridized carbons (Fsp3) is 0.0588. The largest absolute Gasteiger partial charge is 0.275 e. The van der Waals surface area contributed by atoms with Gasteiger partial charge in [-0.15, -0.1) is 0 Å². The summed E-state index contributed by atoms with van der Waals surface area (Å²) < 4.78 is 58.7. The van der Waals surface area contributed by atoms with Crippen molar-refractivity contribution in [3.63, 3.8) is 0 Å². The van der Waals surface area contributed by atoms with Crippen molar-refractivity contribution in [1.82, 2.24) is 19.4 Å². The average molecular weight is 1010 g/mol. The molecule has 5 nitrogen and oxygen atoms in total. The Kier molecular flexibility index (Phi) is 12.0. The lowest BCUT2D eigenvalue weighted by Gasteiger charge is -2.18. The number of hydrogen-bond donors (Lipinski definition) is 0. The molecule has 0 saturated carbocycles. The van der Waals surface area contributed by atoms with Gasteiger partial charge in [0.05, 0.1) is 28.1 Å². The lowest BCUT2D eigenvalue weighted by Crippen LogP contribution is -2.13.